The van der Waals surface area contributed by atoms with E-state index in [1.54, 1.807) is 6.07 Å². The van der Waals surface area contributed by atoms with Crippen molar-refractivity contribution >= 4 is 12.0 Å². The van der Waals surface area contributed by atoms with Crippen molar-refractivity contribution in [2.24, 2.45) is 0 Å². The quantitative estimate of drug-likeness (QED) is 0.687. The lowest BCUT2D eigenvalue weighted by Crippen LogP contribution is -2.52. The molecule has 0 bridgehead atoms. The van der Waals surface area contributed by atoms with Crippen LogP contribution >= 0.6 is 0 Å². The van der Waals surface area contributed by atoms with Gasteiger partial charge < -0.3 is 20.3 Å². The van der Waals surface area contributed by atoms with Gasteiger partial charge in [-0.3, -0.25) is 0 Å². The molecule has 0 aromatic carbocycles. The molecule has 0 saturated heterocycles. The molecule has 0 saturated carbocycles. The van der Waals surface area contributed by atoms with Crippen molar-refractivity contribution < 1.29 is 19.2 Å². The SMILES string of the molecule is CC(C)(NC(=O)NCc1ccno1)C(=O)O. The van der Waals surface area contributed by atoms with E-state index in [1.807, 2.05) is 0 Å². The van der Waals surface area contributed by atoms with Gasteiger partial charge in [0.1, 0.15) is 5.54 Å². The van der Waals surface area contributed by atoms with Crippen LogP contribution in [0.3, 0.4) is 0 Å². The molecule has 1 aromatic rings. The van der Waals surface area contributed by atoms with Gasteiger partial charge in [-0.05, 0) is 13.8 Å². The molecule has 0 aliphatic carbocycles. The standard InChI is InChI=1S/C9H13N3O4/c1-9(2,7(13)14)12-8(15)10-5-6-3-4-11-16-6/h3-4H,5H2,1-2H3,(H,13,14)(H2,10,12,15). The lowest BCUT2D eigenvalue weighted by atomic mass is 10.1. The highest BCUT2D eigenvalue weighted by Gasteiger charge is 2.28. The van der Waals surface area contributed by atoms with E-state index in [2.05, 4.69) is 15.8 Å². The molecule has 0 unspecified atom stereocenters. The number of aliphatic carboxylic acids is 1. The highest BCUT2D eigenvalue weighted by Crippen LogP contribution is 2.01. The fourth-order valence-electron chi connectivity index (χ4n) is 0.882. The first-order chi connectivity index (χ1) is 7.42. The summed E-state index contributed by atoms with van der Waals surface area (Å²) in [5.41, 5.74) is -1.31. The normalized spacial score (nSPS) is 10.9. The largest absolute Gasteiger partial charge is 0.480 e. The number of hydrogen-bond donors (Lipinski definition) is 3. The van der Waals surface area contributed by atoms with Crippen LogP contribution < -0.4 is 10.6 Å². The lowest BCUT2D eigenvalue weighted by molar-refractivity contribution is -0.142. The van der Waals surface area contributed by atoms with Crippen LogP contribution in [0, 0.1) is 0 Å². The van der Waals surface area contributed by atoms with Crippen molar-refractivity contribution in [2.45, 2.75) is 25.9 Å². The molecule has 0 radical (unpaired) electrons. The molecule has 16 heavy (non-hydrogen) atoms. The Bertz CT molecular complexity index is 372. The predicted octanol–water partition coefficient (Wildman–Crippen LogP) is 0.337. The number of rotatable bonds is 4. The molecule has 0 fully saturated rings. The molecule has 0 aliphatic rings. The number of hydrogen-bond acceptors (Lipinski definition) is 4. The van der Waals surface area contributed by atoms with Gasteiger partial charge in [-0.1, -0.05) is 5.16 Å². The van der Waals surface area contributed by atoms with E-state index in [4.69, 9.17) is 9.63 Å². The molecule has 7 nitrogen and oxygen atoms in total. The van der Waals surface area contributed by atoms with Crippen LogP contribution in [-0.2, 0) is 11.3 Å². The average Bonchev–Trinajstić information content (AvgIpc) is 2.66. The molecule has 0 spiro atoms. The predicted molar refractivity (Wildman–Crippen MR) is 53.6 cm³/mol. The molecule has 2 amide bonds. The van der Waals surface area contributed by atoms with Crippen LogP contribution in [-0.4, -0.2) is 27.8 Å². The second kappa shape index (κ2) is 4.65. The van der Waals surface area contributed by atoms with Gasteiger partial charge in [-0.25, -0.2) is 9.59 Å². The van der Waals surface area contributed by atoms with E-state index in [0.29, 0.717) is 5.76 Å². The number of nitrogens with zero attached hydrogens (tertiary/aromatic N) is 1. The average molecular weight is 227 g/mol. The number of carboxylic acids is 1. The van der Waals surface area contributed by atoms with Gasteiger partial charge in [0, 0.05) is 6.07 Å². The summed E-state index contributed by atoms with van der Waals surface area (Å²) in [7, 11) is 0. The summed E-state index contributed by atoms with van der Waals surface area (Å²) in [6.07, 6.45) is 1.45. The zero-order chi connectivity index (χ0) is 12.2. The van der Waals surface area contributed by atoms with Crippen LogP contribution in [0.4, 0.5) is 4.79 Å². The molecular formula is C9H13N3O4. The van der Waals surface area contributed by atoms with E-state index < -0.39 is 17.5 Å². The minimum Gasteiger partial charge on any atom is -0.480 e. The van der Waals surface area contributed by atoms with E-state index in [-0.39, 0.29) is 6.54 Å². The number of carbonyl (C=O) groups excluding carboxylic acids is 1. The second-order valence-corrected chi connectivity index (χ2v) is 3.72. The molecule has 0 aliphatic heterocycles. The van der Waals surface area contributed by atoms with Gasteiger partial charge in [0.05, 0.1) is 12.7 Å². The molecule has 0 atom stereocenters. The Hall–Kier alpha value is -2.05. The topological polar surface area (TPSA) is 104 Å². The monoisotopic (exact) mass is 227 g/mol. The van der Waals surface area contributed by atoms with Crippen molar-refractivity contribution in [3.05, 3.63) is 18.0 Å². The first-order valence-electron chi connectivity index (χ1n) is 4.61. The van der Waals surface area contributed by atoms with E-state index in [9.17, 15) is 9.59 Å². The fraction of sp³-hybridized carbons (Fsp3) is 0.444. The van der Waals surface area contributed by atoms with Gasteiger partial charge in [-0.2, -0.15) is 0 Å². The van der Waals surface area contributed by atoms with Gasteiger partial charge in [0.2, 0.25) is 0 Å². The summed E-state index contributed by atoms with van der Waals surface area (Å²) in [5, 5.41) is 17.0. The van der Waals surface area contributed by atoms with Crippen molar-refractivity contribution in [3.63, 3.8) is 0 Å². The maximum Gasteiger partial charge on any atom is 0.328 e. The van der Waals surface area contributed by atoms with Crippen molar-refractivity contribution in [1.29, 1.82) is 0 Å². The van der Waals surface area contributed by atoms with Crippen LogP contribution in [0.15, 0.2) is 16.8 Å². The molecular weight excluding hydrogens is 214 g/mol. The Morgan fingerprint density at radius 1 is 1.56 bits per heavy atom. The first kappa shape index (κ1) is 12.0. The van der Waals surface area contributed by atoms with Gasteiger partial charge in [0.25, 0.3) is 0 Å². The summed E-state index contributed by atoms with van der Waals surface area (Å²) >= 11 is 0. The Labute approximate surface area is 91.8 Å². The number of amides is 2. The number of carbonyl (C=O) groups is 2. The number of urea groups is 1. The summed E-state index contributed by atoms with van der Waals surface area (Å²) in [6, 6.07) is 1.02. The zero-order valence-corrected chi connectivity index (χ0v) is 8.98. The molecule has 88 valence electrons. The third kappa shape index (κ3) is 3.26. The third-order valence-electron chi connectivity index (χ3n) is 1.88. The van der Waals surface area contributed by atoms with Gasteiger partial charge >= 0.3 is 12.0 Å². The first-order valence-corrected chi connectivity index (χ1v) is 4.61. The number of aromatic nitrogens is 1. The number of nitrogens with one attached hydrogen (secondary N) is 2. The fourth-order valence-corrected chi connectivity index (χ4v) is 0.882. The van der Waals surface area contributed by atoms with Crippen molar-refractivity contribution in [3.8, 4) is 0 Å². The number of carboxylic acid groups (broad SMARTS) is 1. The van der Waals surface area contributed by atoms with E-state index >= 15 is 0 Å². The Morgan fingerprint density at radius 3 is 2.75 bits per heavy atom. The maximum absolute atomic E-state index is 11.3. The van der Waals surface area contributed by atoms with Crippen LogP contribution in [0.1, 0.15) is 19.6 Å². The highest BCUT2D eigenvalue weighted by atomic mass is 16.5. The van der Waals surface area contributed by atoms with Crippen LogP contribution in [0.5, 0.6) is 0 Å². The third-order valence-corrected chi connectivity index (χ3v) is 1.88. The Balaban J connectivity index is 2.39. The molecule has 1 rings (SSSR count). The van der Waals surface area contributed by atoms with E-state index in [0.717, 1.165) is 0 Å². The van der Waals surface area contributed by atoms with Gasteiger partial charge in [-0.15, -0.1) is 0 Å². The summed E-state index contributed by atoms with van der Waals surface area (Å²) < 4.78 is 4.75. The smallest absolute Gasteiger partial charge is 0.328 e. The molecule has 1 heterocycles. The lowest BCUT2D eigenvalue weighted by Gasteiger charge is -2.20. The minimum absolute atomic E-state index is 0.154. The molecule has 7 heteroatoms. The summed E-state index contributed by atoms with van der Waals surface area (Å²) in [5.74, 6) is -0.620. The zero-order valence-electron chi connectivity index (χ0n) is 8.98. The summed E-state index contributed by atoms with van der Waals surface area (Å²) in [4.78, 5) is 22.0. The minimum atomic E-state index is -1.31. The van der Waals surface area contributed by atoms with Crippen LogP contribution in [0.2, 0.25) is 0 Å². The summed E-state index contributed by atoms with van der Waals surface area (Å²) in [6.45, 7) is 2.94. The van der Waals surface area contributed by atoms with Crippen molar-refractivity contribution in [1.82, 2.24) is 15.8 Å². The molecule has 3 N–H and O–H groups in total. The Kier molecular flexibility index (Phi) is 3.49. The molecule has 1 aromatic heterocycles. The van der Waals surface area contributed by atoms with E-state index in [1.165, 1.54) is 20.0 Å². The second-order valence-electron chi connectivity index (χ2n) is 3.72. The van der Waals surface area contributed by atoms with Crippen molar-refractivity contribution in [2.75, 3.05) is 0 Å². The van der Waals surface area contributed by atoms with Crippen LogP contribution in [0.25, 0.3) is 0 Å². The highest BCUT2D eigenvalue weighted by molar-refractivity contribution is 5.85. The van der Waals surface area contributed by atoms with Gasteiger partial charge in [0.15, 0.2) is 5.76 Å². The maximum atomic E-state index is 11.3. The Morgan fingerprint density at radius 2 is 2.25 bits per heavy atom.